The van der Waals surface area contributed by atoms with Crippen molar-refractivity contribution in [2.24, 2.45) is 0 Å². The Kier molecular flexibility index (Phi) is 9.80. The van der Waals surface area contributed by atoms with Crippen LogP contribution in [0.25, 0.3) is 0 Å². The molecule has 0 saturated heterocycles. The van der Waals surface area contributed by atoms with Gasteiger partial charge in [-0.3, -0.25) is 10.1 Å². The van der Waals surface area contributed by atoms with E-state index in [4.69, 9.17) is 21.7 Å². The number of carbonyl (C=O) groups is 2. The Hall–Kier alpha value is -2.93. The first-order valence-electron chi connectivity index (χ1n) is 10.2. The Morgan fingerprint density at radius 2 is 1.53 bits per heavy atom. The van der Waals surface area contributed by atoms with Crippen LogP contribution in [0.2, 0.25) is 0 Å². The van der Waals surface area contributed by atoms with Crippen molar-refractivity contribution in [1.29, 1.82) is 0 Å². The molecule has 7 heteroatoms. The predicted octanol–water partition coefficient (Wildman–Crippen LogP) is 4.95. The smallest absolute Gasteiger partial charge is 0.338 e. The third-order valence-electron chi connectivity index (χ3n) is 4.18. The molecule has 0 aliphatic carbocycles. The molecule has 2 aromatic rings. The number of benzene rings is 2. The van der Waals surface area contributed by atoms with Gasteiger partial charge in [-0.2, -0.15) is 0 Å². The van der Waals surface area contributed by atoms with E-state index in [0.29, 0.717) is 30.0 Å². The van der Waals surface area contributed by atoms with E-state index in [1.165, 1.54) is 0 Å². The first kappa shape index (κ1) is 23.3. The molecule has 0 spiro atoms. The van der Waals surface area contributed by atoms with Crippen LogP contribution in [0.4, 0.5) is 5.69 Å². The molecule has 0 aliphatic rings. The van der Waals surface area contributed by atoms with Gasteiger partial charge < -0.3 is 14.8 Å². The second kappa shape index (κ2) is 12.6. The maximum absolute atomic E-state index is 12.4. The number of thiocarbonyl (C=S) groups is 1. The highest BCUT2D eigenvalue weighted by molar-refractivity contribution is 7.80. The molecular formula is C23H28N2O4S. The molecule has 0 heterocycles. The van der Waals surface area contributed by atoms with Crippen molar-refractivity contribution in [2.75, 3.05) is 18.5 Å². The first-order chi connectivity index (χ1) is 14.5. The van der Waals surface area contributed by atoms with E-state index < -0.39 is 0 Å². The van der Waals surface area contributed by atoms with Gasteiger partial charge in [0.25, 0.3) is 5.91 Å². The lowest BCUT2D eigenvalue weighted by atomic mass is 10.2. The molecule has 30 heavy (non-hydrogen) atoms. The number of ether oxygens (including phenoxy) is 2. The Morgan fingerprint density at radius 3 is 2.17 bits per heavy atom. The van der Waals surface area contributed by atoms with Crippen molar-refractivity contribution < 1.29 is 19.1 Å². The summed E-state index contributed by atoms with van der Waals surface area (Å²) >= 11 is 5.20. The Bertz CT molecular complexity index is 835. The third-order valence-corrected chi connectivity index (χ3v) is 4.38. The second-order valence-electron chi connectivity index (χ2n) is 6.70. The van der Waals surface area contributed by atoms with Crippen molar-refractivity contribution in [2.45, 2.75) is 39.5 Å². The van der Waals surface area contributed by atoms with Gasteiger partial charge in [-0.1, -0.05) is 26.7 Å². The normalized spacial score (nSPS) is 10.2. The topological polar surface area (TPSA) is 76.7 Å². The van der Waals surface area contributed by atoms with Crippen LogP contribution in [0.3, 0.4) is 0 Å². The Balaban J connectivity index is 1.82. The molecule has 6 nitrogen and oxygen atoms in total. The van der Waals surface area contributed by atoms with Crippen molar-refractivity contribution in [3.63, 3.8) is 0 Å². The van der Waals surface area contributed by atoms with Gasteiger partial charge in [0.1, 0.15) is 5.75 Å². The summed E-state index contributed by atoms with van der Waals surface area (Å²) < 4.78 is 10.7. The monoisotopic (exact) mass is 428 g/mol. The average Bonchev–Trinajstić information content (AvgIpc) is 2.76. The quantitative estimate of drug-likeness (QED) is 0.317. The fourth-order valence-electron chi connectivity index (χ4n) is 2.55. The summed E-state index contributed by atoms with van der Waals surface area (Å²) in [7, 11) is 0. The van der Waals surface area contributed by atoms with Gasteiger partial charge in [0.2, 0.25) is 0 Å². The number of hydrogen-bond acceptors (Lipinski definition) is 5. The standard InChI is InChI=1S/C23H28N2O4S/c1-3-5-6-16-28-20-13-9-17(10-14-20)21(26)25-23(30)24-19-11-7-18(8-12-19)22(27)29-15-4-2/h7-14H,3-6,15-16H2,1-2H3,(H2,24,25,26,30). The van der Waals surface area contributed by atoms with Gasteiger partial charge in [0.05, 0.1) is 18.8 Å². The van der Waals surface area contributed by atoms with E-state index in [1.54, 1.807) is 48.5 Å². The molecule has 1 amide bonds. The summed E-state index contributed by atoms with van der Waals surface area (Å²) in [5, 5.41) is 5.73. The van der Waals surface area contributed by atoms with Crippen LogP contribution in [0, 0.1) is 0 Å². The zero-order chi connectivity index (χ0) is 21.8. The zero-order valence-electron chi connectivity index (χ0n) is 17.4. The summed E-state index contributed by atoms with van der Waals surface area (Å²) in [6.07, 6.45) is 4.07. The maximum Gasteiger partial charge on any atom is 0.338 e. The molecule has 2 aromatic carbocycles. The van der Waals surface area contributed by atoms with Crippen molar-refractivity contribution in [1.82, 2.24) is 5.32 Å². The lowest BCUT2D eigenvalue weighted by Gasteiger charge is -2.11. The number of esters is 1. The number of rotatable bonds is 10. The van der Waals surface area contributed by atoms with Gasteiger partial charge in [0.15, 0.2) is 5.11 Å². The van der Waals surface area contributed by atoms with Crippen LogP contribution >= 0.6 is 12.2 Å². The van der Waals surface area contributed by atoms with Crippen LogP contribution in [-0.4, -0.2) is 30.2 Å². The van der Waals surface area contributed by atoms with Crippen molar-refractivity contribution in [3.8, 4) is 5.75 Å². The van der Waals surface area contributed by atoms with E-state index in [2.05, 4.69) is 17.6 Å². The number of hydrogen-bond donors (Lipinski definition) is 2. The summed E-state index contributed by atoms with van der Waals surface area (Å²) in [5.74, 6) is 0.0581. The minimum Gasteiger partial charge on any atom is -0.494 e. The third kappa shape index (κ3) is 7.83. The van der Waals surface area contributed by atoms with Crippen LogP contribution in [0.5, 0.6) is 5.75 Å². The van der Waals surface area contributed by atoms with E-state index >= 15 is 0 Å². The fourth-order valence-corrected chi connectivity index (χ4v) is 2.76. The second-order valence-corrected chi connectivity index (χ2v) is 7.11. The average molecular weight is 429 g/mol. The highest BCUT2D eigenvalue weighted by Gasteiger charge is 2.10. The van der Waals surface area contributed by atoms with Gasteiger partial charge in [-0.25, -0.2) is 4.79 Å². The Labute approximate surface area is 183 Å². The lowest BCUT2D eigenvalue weighted by Crippen LogP contribution is -2.34. The number of carbonyl (C=O) groups excluding carboxylic acids is 2. The van der Waals surface area contributed by atoms with Gasteiger partial charge in [0, 0.05) is 11.3 Å². The maximum atomic E-state index is 12.4. The highest BCUT2D eigenvalue weighted by Crippen LogP contribution is 2.14. The predicted molar refractivity (Wildman–Crippen MR) is 122 cm³/mol. The minimum atomic E-state index is -0.364. The van der Waals surface area contributed by atoms with E-state index in [0.717, 1.165) is 31.4 Å². The van der Waals surface area contributed by atoms with Crippen LogP contribution in [0.1, 0.15) is 60.2 Å². The number of nitrogens with one attached hydrogen (secondary N) is 2. The van der Waals surface area contributed by atoms with E-state index in [1.807, 2.05) is 6.92 Å². The Morgan fingerprint density at radius 1 is 0.867 bits per heavy atom. The molecule has 2 N–H and O–H groups in total. The number of unbranched alkanes of at least 4 members (excludes halogenated alkanes) is 2. The number of amides is 1. The molecular weight excluding hydrogens is 400 g/mol. The van der Waals surface area contributed by atoms with Crippen molar-refractivity contribution in [3.05, 3.63) is 59.7 Å². The van der Waals surface area contributed by atoms with Crippen LogP contribution in [-0.2, 0) is 4.74 Å². The molecule has 0 saturated carbocycles. The molecule has 0 radical (unpaired) electrons. The van der Waals surface area contributed by atoms with Gasteiger partial charge >= 0.3 is 5.97 Å². The zero-order valence-corrected chi connectivity index (χ0v) is 18.2. The van der Waals surface area contributed by atoms with Crippen molar-refractivity contribution >= 4 is 34.9 Å². The van der Waals surface area contributed by atoms with E-state index in [9.17, 15) is 9.59 Å². The molecule has 160 valence electrons. The van der Waals surface area contributed by atoms with E-state index in [-0.39, 0.29) is 17.0 Å². The first-order valence-corrected chi connectivity index (χ1v) is 10.6. The summed E-state index contributed by atoms with van der Waals surface area (Å²) in [6, 6.07) is 13.6. The summed E-state index contributed by atoms with van der Waals surface area (Å²) in [4.78, 5) is 24.2. The summed E-state index contributed by atoms with van der Waals surface area (Å²) in [5.41, 5.74) is 1.60. The minimum absolute atomic E-state index is 0.168. The summed E-state index contributed by atoms with van der Waals surface area (Å²) in [6.45, 7) is 5.14. The molecule has 0 atom stereocenters. The molecule has 0 aliphatic heterocycles. The number of anilines is 1. The highest BCUT2D eigenvalue weighted by atomic mass is 32.1. The van der Waals surface area contributed by atoms with Crippen LogP contribution < -0.4 is 15.4 Å². The van der Waals surface area contributed by atoms with Gasteiger partial charge in [-0.05, 0) is 73.6 Å². The SMILES string of the molecule is CCCCCOc1ccc(C(=O)NC(=S)Nc2ccc(C(=O)OCCC)cc2)cc1. The molecule has 0 bridgehead atoms. The fraction of sp³-hybridized carbons (Fsp3) is 0.348. The lowest BCUT2D eigenvalue weighted by molar-refractivity contribution is 0.0505. The largest absolute Gasteiger partial charge is 0.494 e. The molecule has 0 fully saturated rings. The molecule has 0 aromatic heterocycles. The molecule has 0 unspecified atom stereocenters. The van der Waals surface area contributed by atoms with Gasteiger partial charge in [-0.15, -0.1) is 0 Å². The van der Waals surface area contributed by atoms with Crippen LogP contribution in [0.15, 0.2) is 48.5 Å². The molecule has 2 rings (SSSR count).